The zero-order chi connectivity index (χ0) is 20.1. The monoisotopic (exact) mass is 399 g/mol. The lowest BCUT2D eigenvalue weighted by atomic mass is 10.1. The van der Waals surface area contributed by atoms with Crippen LogP contribution in [0.25, 0.3) is 17.4 Å². The van der Waals surface area contributed by atoms with Crippen LogP contribution in [-0.2, 0) is 16.0 Å². The minimum atomic E-state index is -1.40. The Labute approximate surface area is 164 Å². The highest BCUT2D eigenvalue weighted by atomic mass is 32.2. The van der Waals surface area contributed by atoms with Crippen molar-refractivity contribution in [1.82, 2.24) is 10.2 Å². The molecule has 0 aliphatic carbocycles. The Bertz CT molecular complexity index is 1040. The van der Waals surface area contributed by atoms with Crippen LogP contribution in [0.15, 0.2) is 55.4 Å². The molecule has 0 atom stereocenters. The molecule has 1 aromatic carbocycles. The Morgan fingerprint density at radius 2 is 2.04 bits per heavy atom. The SMILES string of the molecule is CCc1nnc(S/C(=C/c2ccc(-c3cccc(C(=O)OC)c3)o2)C(=O)[O-])o1. The molecule has 8 nitrogen and oxygen atoms in total. The van der Waals surface area contributed by atoms with Crippen molar-refractivity contribution >= 4 is 29.8 Å². The molecule has 2 heterocycles. The molecule has 28 heavy (non-hydrogen) atoms. The van der Waals surface area contributed by atoms with Crippen LogP contribution in [0, 0.1) is 0 Å². The van der Waals surface area contributed by atoms with E-state index in [1.165, 1.54) is 13.2 Å². The van der Waals surface area contributed by atoms with Gasteiger partial charge in [-0.15, -0.1) is 10.2 Å². The summed E-state index contributed by atoms with van der Waals surface area (Å²) in [5.74, 6) is -0.695. The smallest absolute Gasteiger partial charge is 0.337 e. The van der Waals surface area contributed by atoms with Crippen LogP contribution in [0.3, 0.4) is 0 Å². The number of esters is 1. The molecule has 0 fully saturated rings. The topological polar surface area (TPSA) is 118 Å². The van der Waals surface area contributed by atoms with Crippen molar-refractivity contribution in [2.45, 2.75) is 18.6 Å². The largest absolute Gasteiger partial charge is 0.544 e. The second-order valence-corrected chi connectivity index (χ2v) is 6.48. The van der Waals surface area contributed by atoms with Gasteiger partial charge in [-0.25, -0.2) is 4.79 Å². The van der Waals surface area contributed by atoms with Gasteiger partial charge >= 0.3 is 5.97 Å². The number of rotatable bonds is 7. The van der Waals surface area contributed by atoms with Crippen molar-refractivity contribution in [3.8, 4) is 11.3 Å². The number of hydrogen-bond donors (Lipinski definition) is 0. The molecular formula is C19H15N2O6S-. The standard InChI is InChI=1S/C19H16N2O6S/c1-3-16-20-21-19(27-16)28-15(17(22)23)10-13-7-8-14(26-13)11-5-4-6-12(9-11)18(24)25-2/h4-10H,3H2,1-2H3,(H,22,23)/p-1/b15-10+. The first-order chi connectivity index (χ1) is 13.5. The third-order valence-electron chi connectivity index (χ3n) is 3.62. The number of thioether (sulfide) groups is 1. The number of aryl methyl sites for hydroxylation is 1. The van der Waals surface area contributed by atoms with Gasteiger partial charge in [-0.1, -0.05) is 19.1 Å². The summed E-state index contributed by atoms with van der Waals surface area (Å²) in [5.41, 5.74) is 1.03. The second-order valence-electron chi connectivity index (χ2n) is 5.49. The minimum absolute atomic E-state index is 0.102. The Morgan fingerprint density at radius 3 is 2.71 bits per heavy atom. The van der Waals surface area contributed by atoms with Crippen LogP contribution in [0.2, 0.25) is 0 Å². The zero-order valence-corrected chi connectivity index (χ0v) is 15.8. The summed E-state index contributed by atoms with van der Waals surface area (Å²) in [6, 6.07) is 9.98. The van der Waals surface area contributed by atoms with Gasteiger partial charge in [0.2, 0.25) is 5.89 Å². The van der Waals surface area contributed by atoms with E-state index in [0.29, 0.717) is 35.0 Å². The fourth-order valence-corrected chi connectivity index (χ4v) is 2.94. The Kier molecular flexibility index (Phi) is 5.95. The fourth-order valence-electron chi connectivity index (χ4n) is 2.28. The van der Waals surface area contributed by atoms with Crippen molar-refractivity contribution in [3.63, 3.8) is 0 Å². The fraction of sp³-hybridized carbons (Fsp3) is 0.158. The van der Waals surface area contributed by atoms with E-state index in [4.69, 9.17) is 13.6 Å². The van der Waals surface area contributed by atoms with E-state index >= 15 is 0 Å². The first-order valence-corrected chi connectivity index (χ1v) is 9.03. The van der Waals surface area contributed by atoms with E-state index in [2.05, 4.69) is 10.2 Å². The third-order valence-corrected chi connectivity index (χ3v) is 4.46. The number of nitrogens with zero attached hydrogens (tertiary/aromatic N) is 2. The zero-order valence-electron chi connectivity index (χ0n) is 15.0. The van der Waals surface area contributed by atoms with E-state index in [1.54, 1.807) is 36.4 Å². The predicted octanol–water partition coefficient (Wildman–Crippen LogP) is 2.56. The molecule has 2 aromatic heterocycles. The molecule has 3 aromatic rings. The highest BCUT2D eigenvalue weighted by molar-refractivity contribution is 8.03. The Hall–Kier alpha value is -3.33. The van der Waals surface area contributed by atoms with Crippen LogP contribution in [-0.4, -0.2) is 29.2 Å². The van der Waals surface area contributed by atoms with E-state index in [9.17, 15) is 14.7 Å². The molecular weight excluding hydrogens is 384 g/mol. The molecule has 0 spiro atoms. The molecule has 0 aliphatic rings. The first kappa shape index (κ1) is 19.4. The van der Waals surface area contributed by atoms with Crippen LogP contribution < -0.4 is 5.11 Å². The molecule has 0 N–H and O–H groups in total. The van der Waals surface area contributed by atoms with Crippen LogP contribution >= 0.6 is 11.8 Å². The first-order valence-electron chi connectivity index (χ1n) is 8.22. The molecule has 3 rings (SSSR count). The highest BCUT2D eigenvalue weighted by Gasteiger charge is 2.12. The average molecular weight is 399 g/mol. The number of ether oxygens (including phenoxy) is 1. The van der Waals surface area contributed by atoms with Crippen LogP contribution in [0.4, 0.5) is 0 Å². The van der Waals surface area contributed by atoms with Gasteiger partial charge in [0.1, 0.15) is 11.5 Å². The van der Waals surface area contributed by atoms with E-state index in [1.807, 2.05) is 6.92 Å². The van der Waals surface area contributed by atoms with Gasteiger partial charge in [0.25, 0.3) is 5.22 Å². The van der Waals surface area contributed by atoms with Gasteiger partial charge < -0.3 is 23.5 Å². The van der Waals surface area contributed by atoms with E-state index in [0.717, 1.165) is 11.8 Å². The molecule has 0 saturated carbocycles. The normalized spacial score (nSPS) is 11.4. The summed E-state index contributed by atoms with van der Waals surface area (Å²) in [4.78, 5) is 23.0. The summed E-state index contributed by atoms with van der Waals surface area (Å²) < 4.78 is 15.7. The summed E-state index contributed by atoms with van der Waals surface area (Å²) in [6.45, 7) is 1.84. The van der Waals surface area contributed by atoms with Crippen molar-refractivity contribution in [3.05, 3.63) is 58.5 Å². The van der Waals surface area contributed by atoms with Crippen LogP contribution in [0.5, 0.6) is 0 Å². The third kappa shape index (κ3) is 4.49. The maximum absolute atomic E-state index is 11.7. The molecule has 0 bridgehead atoms. The number of aliphatic carboxylic acids is 1. The molecule has 0 amide bonds. The quantitative estimate of drug-likeness (QED) is 0.335. The number of hydrogen-bond acceptors (Lipinski definition) is 9. The lowest BCUT2D eigenvalue weighted by Crippen LogP contribution is -2.22. The summed E-state index contributed by atoms with van der Waals surface area (Å²) in [5, 5.41) is 19.1. The summed E-state index contributed by atoms with van der Waals surface area (Å²) in [7, 11) is 1.30. The lowest BCUT2D eigenvalue weighted by molar-refractivity contribution is -0.298. The number of carbonyl (C=O) groups excluding carboxylic acids is 2. The average Bonchev–Trinajstić information content (AvgIpc) is 3.36. The lowest BCUT2D eigenvalue weighted by Gasteiger charge is -2.04. The summed E-state index contributed by atoms with van der Waals surface area (Å²) >= 11 is 0.780. The molecule has 0 unspecified atom stereocenters. The Morgan fingerprint density at radius 1 is 1.21 bits per heavy atom. The number of carboxylic acid groups (broad SMARTS) is 1. The molecule has 0 radical (unpaired) electrons. The minimum Gasteiger partial charge on any atom is -0.544 e. The maximum atomic E-state index is 11.7. The number of methoxy groups -OCH3 is 1. The molecule has 0 saturated heterocycles. The molecule has 0 aliphatic heterocycles. The van der Waals surface area contributed by atoms with Crippen molar-refractivity contribution in [2.24, 2.45) is 0 Å². The number of aromatic nitrogens is 2. The van der Waals surface area contributed by atoms with Crippen molar-refractivity contribution in [1.29, 1.82) is 0 Å². The van der Waals surface area contributed by atoms with Gasteiger partial charge in [0.15, 0.2) is 0 Å². The Balaban J connectivity index is 1.85. The molecule has 144 valence electrons. The molecule has 9 heteroatoms. The van der Waals surface area contributed by atoms with E-state index < -0.39 is 11.9 Å². The number of carbonyl (C=O) groups is 2. The van der Waals surface area contributed by atoms with E-state index in [-0.39, 0.29) is 10.1 Å². The van der Waals surface area contributed by atoms with Crippen molar-refractivity contribution in [2.75, 3.05) is 7.11 Å². The second kappa shape index (κ2) is 8.57. The van der Waals surface area contributed by atoms with Gasteiger partial charge in [-0.05, 0) is 42.1 Å². The summed E-state index contributed by atoms with van der Waals surface area (Å²) in [6.07, 6.45) is 1.85. The number of carboxylic acids is 1. The van der Waals surface area contributed by atoms with Gasteiger partial charge in [-0.3, -0.25) is 0 Å². The maximum Gasteiger partial charge on any atom is 0.337 e. The van der Waals surface area contributed by atoms with Crippen LogP contribution in [0.1, 0.15) is 28.9 Å². The number of furan rings is 1. The predicted molar refractivity (Wildman–Crippen MR) is 98.0 cm³/mol. The number of benzene rings is 1. The van der Waals surface area contributed by atoms with Crippen molar-refractivity contribution < 1.29 is 28.3 Å². The van der Waals surface area contributed by atoms with Gasteiger partial charge in [0, 0.05) is 16.9 Å². The van der Waals surface area contributed by atoms with Gasteiger partial charge in [-0.2, -0.15) is 0 Å². The highest BCUT2D eigenvalue weighted by Crippen LogP contribution is 2.29. The van der Waals surface area contributed by atoms with Gasteiger partial charge in [0.05, 0.1) is 18.6 Å².